The third-order valence-corrected chi connectivity index (χ3v) is 20.2. The van der Waals surface area contributed by atoms with E-state index < -0.39 is 35.3 Å². The van der Waals surface area contributed by atoms with Crippen molar-refractivity contribution in [3.63, 3.8) is 0 Å². The van der Waals surface area contributed by atoms with Crippen molar-refractivity contribution in [2.24, 2.45) is 22.7 Å². The Bertz CT molecular complexity index is 3070. The maximum Gasteiger partial charge on any atom is 0.324 e. The topological polar surface area (TPSA) is 167 Å². The molecule has 7 atom stereocenters. The van der Waals surface area contributed by atoms with Crippen LogP contribution in [0.2, 0.25) is 0 Å². The minimum absolute atomic E-state index is 0.0373. The molecule has 16 nitrogen and oxygen atoms in total. The summed E-state index contributed by atoms with van der Waals surface area (Å²) >= 11 is 0. The molecule has 4 aromatic rings. The highest BCUT2D eigenvalue weighted by Gasteiger charge is 2.55. The second-order valence-corrected chi connectivity index (χ2v) is 26.7. The second kappa shape index (κ2) is 21.9. The van der Waals surface area contributed by atoms with E-state index in [0.717, 1.165) is 135 Å². The van der Waals surface area contributed by atoms with Gasteiger partial charge in [0.2, 0.25) is 11.8 Å². The Kier molecular flexibility index (Phi) is 14.8. The molecule has 3 aliphatic carbocycles. The van der Waals surface area contributed by atoms with Crippen molar-refractivity contribution in [2.45, 2.75) is 166 Å². The molecule has 2 aromatic carbocycles. The van der Waals surface area contributed by atoms with E-state index in [4.69, 9.17) is 14.5 Å². The Labute approximate surface area is 477 Å². The number of fused-ring (bicyclic) bond motifs is 6. The highest BCUT2D eigenvalue weighted by atomic mass is 19.1. The zero-order valence-corrected chi connectivity index (χ0v) is 48.5. The fourth-order valence-corrected chi connectivity index (χ4v) is 15.3. The SMILES string of the molecule is CCn1c(-c2cc(N3CCN(C4CC4)CC3)cnc2[C@H](C)OC)c2c3cc(ccc31)-c1cc(F)cc(c1)C[C@H](NC(=O)[C@H](C1CCCC1)N1CC[C@]3(CCN(C(=O)[C@@H]4N[C@@H]4C4CC4)C3)C1)C(=O)N1CCC[C@H](N1)C(=O)OCC(C)(C)C2. The minimum atomic E-state index is -1.07. The number of cyclic esters (lactones) is 1. The molecule has 3 saturated carbocycles. The Hall–Kier alpha value is -5.46. The van der Waals surface area contributed by atoms with Gasteiger partial charge in [-0.1, -0.05) is 38.8 Å². The number of rotatable bonds is 12. The number of carbonyl (C=O) groups is 4. The molecular formula is C64H85FN10O6. The number of anilines is 1. The number of hydrogen-bond donors (Lipinski definition) is 3. The predicted molar refractivity (Wildman–Crippen MR) is 309 cm³/mol. The Morgan fingerprint density at radius 3 is 2.44 bits per heavy atom. The van der Waals surface area contributed by atoms with Gasteiger partial charge in [0.15, 0.2) is 0 Å². The first-order valence-corrected chi connectivity index (χ1v) is 31.0. The van der Waals surface area contributed by atoms with Crippen molar-refractivity contribution >= 4 is 40.3 Å². The van der Waals surface area contributed by atoms with Crippen LogP contribution in [0.15, 0.2) is 48.7 Å². The highest BCUT2D eigenvalue weighted by molar-refractivity contribution is 5.96. The molecule has 3 N–H and O–H groups in total. The molecule has 434 valence electrons. The van der Waals surface area contributed by atoms with Gasteiger partial charge in [0.25, 0.3) is 5.91 Å². The maximum absolute atomic E-state index is 16.5. The molecule has 0 unspecified atom stereocenters. The summed E-state index contributed by atoms with van der Waals surface area (Å²) in [7, 11) is 1.72. The number of nitrogens with zero attached hydrogens (tertiary/aromatic N) is 7. The highest BCUT2D eigenvalue weighted by Crippen LogP contribution is 2.47. The number of halogens is 1. The number of aryl methyl sites for hydroxylation is 1. The number of nitrogens with one attached hydrogen (secondary N) is 3. The van der Waals surface area contributed by atoms with Gasteiger partial charge in [0.1, 0.15) is 23.9 Å². The van der Waals surface area contributed by atoms with E-state index in [1.54, 1.807) is 13.2 Å². The van der Waals surface area contributed by atoms with Crippen molar-refractivity contribution in [3.8, 4) is 22.4 Å². The molecule has 6 aliphatic heterocycles. The summed E-state index contributed by atoms with van der Waals surface area (Å²) in [4.78, 5) is 73.2. The average Bonchev–Trinajstić information content (AvgIpc) is 4.63. The van der Waals surface area contributed by atoms with Crippen molar-refractivity contribution in [1.29, 1.82) is 0 Å². The van der Waals surface area contributed by atoms with E-state index in [0.29, 0.717) is 62.0 Å². The Morgan fingerprint density at radius 1 is 0.901 bits per heavy atom. The lowest BCUT2D eigenvalue weighted by Crippen LogP contribution is -2.62. The van der Waals surface area contributed by atoms with Crippen molar-refractivity contribution in [1.82, 2.24) is 45.3 Å². The van der Waals surface area contributed by atoms with Gasteiger partial charge in [0.05, 0.1) is 42.0 Å². The van der Waals surface area contributed by atoms with Gasteiger partial charge in [-0.25, -0.2) is 9.82 Å². The third-order valence-electron chi connectivity index (χ3n) is 20.2. The van der Waals surface area contributed by atoms with E-state index in [1.165, 1.54) is 36.8 Å². The molecule has 2 aromatic heterocycles. The van der Waals surface area contributed by atoms with Gasteiger partial charge in [0, 0.05) is 112 Å². The molecule has 3 amide bonds. The van der Waals surface area contributed by atoms with Gasteiger partial charge in [-0.05, 0) is 155 Å². The summed E-state index contributed by atoms with van der Waals surface area (Å²) in [5, 5.41) is 9.27. The third kappa shape index (κ3) is 11.0. The number of aromatic nitrogens is 2. The summed E-state index contributed by atoms with van der Waals surface area (Å²) in [6.07, 6.45) is 14.1. The number of esters is 1. The van der Waals surface area contributed by atoms with E-state index in [9.17, 15) is 9.59 Å². The van der Waals surface area contributed by atoms with Crippen molar-refractivity contribution in [3.05, 3.63) is 71.3 Å². The van der Waals surface area contributed by atoms with Gasteiger partial charge in [-0.2, -0.15) is 0 Å². The largest absolute Gasteiger partial charge is 0.464 e. The Balaban J connectivity index is 0.844. The fraction of sp³-hybridized carbons (Fsp3) is 0.641. The fourth-order valence-electron chi connectivity index (χ4n) is 15.3. The maximum atomic E-state index is 16.5. The first kappa shape index (κ1) is 54.8. The minimum Gasteiger partial charge on any atom is -0.464 e. The lowest BCUT2D eigenvalue weighted by molar-refractivity contribution is -0.155. The smallest absolute Gasteiger partial charge is 0.324 e. The number of hydrogen-bond acceptors (Lipinski definition) is 12. The summed E-state index contributed by atoms with van der Waals surface area (Å²) in [6.45, 7) is 16.4. The standard InChI is InChI=1S/C64H85FN10O6/c1-6-74-53-18-15-43-32-48(53)50(58(74)49-33-47(35-66-54(49)39(2)80-5)71-26-24-70(25-27-71)46-16-17-46)34-63(3,4)38-81-62(79)51-12-9-21-75(69-51)60(77)52(30-40-28-44(43)31-45(65)29-40)67-59(76)57(42-10-7-8-11-42)72-22-19-64(36-72)20-23-73(37-64)61(78)56-55(68-56)41-13-14-41/h15,18,28-29,31-33,35,39,41-42,46,51-52,55-57,68-69H,6-14,16-17,19-27,30,34,36-38H2,1-5H3,(H,67,76)/t39-,51-,52-,55+,56+,57-,64-/m0/s1. The molecular weight excluding hydrogens is 1020 g/mol. The van der Waals surface area contributed by atoms with Crippen LogP contribution in [0.5, 0.6) is 0 Å². The monoisotopic (exact) mass is 1110 g/mol. The molecule has 17 heteroatoms. The molecule has 5 saturated heterocycles. The van der Waals surface area contributed by atoms with E-state index in [-0.39, 0.29) is 54.2 Å². The van der Waals surface area contributed by atoms with Crippen LogP contribution >= 0.6 is 0 Å². The van der Waals surface area contributed by atoms with Crippen LogP contribution in [0, 0.1) is 28.5 Å². The lowest BCUT2D eigenvalue weighted by atomic mass is 9.84. The molecule has 8 fully saturated rings. The van der Waals surface area contributed by atoms with Crippen molar-refractivity contribution in [2.75, 3.05) is 77.5 Å². The summed E-state index contributed by atoms with van der Waals surface area (Å²) in [5.74, 6) is -0.445. The Morgan fingerprint density at radius 2 is 1.69 bits per heavy atom. The number of methoxy groups -OCH3 is 1. The van der Waals surface area contributed by atoms with Crippen molar-refractivity contribution < 1.29 is 33.0 Å². The zero-order chi connectivity index (χ0) is 55.9. The normalized spacial score (nSPS) is 28.4. The van der Waals surface area contributed by atoms with Crippen LogP contribution in [-0.2, 0) is 48.0 Å². The molecule has 13 rings (SSSR count). The zero-order valence-electron chi connectivity index (χ0n) is 48.5. The summed E-state index contributed by atoms with van der Waals surface area (Å²) < 4.78 is 31.2. The van der Waals surface area contributed by atoms with Gasteiger partial charge >= 0.3 is 5.97 Å². The average molecular weight is 1110 g/mol. The number of ether oxygens (including phenoxy) is 2. The molecule has 6 bridgehead atoms. The van der Waals surface area contributed by atoms with Crippen LogP contribution in [0.4, 0.5) is 10.1 Å². The van der Waals surface area contributed by atoms with Crippen LogP contribution in [0.3, 0.4) is 0 Å². The number of benzene rings is 2. The number of carbonyl (C=O) groups excluding carboxylic acids is 4. The number of amides is 3. The van der Waals surface area contributed by atoms with E-state index in [2.05, 4.69) is 85.3 Å². The van der Waals surface area contributed by atoms with E-state index in [1.807, 2.05) is 19.2 Å². The molecule has 8 heterocycles. The first-order chi connectivity index (χ1) is 39.1. The molecule has 81 heavy (non-hydrogen) atoms. The number of hydrazine groups is 1. The van der Waals surface area contributed by atoms with Crippen LogP contribution in [0.1, 0.15) is 128 Å². The number of pyridine rings is 1. The van der Waals surface area contributed by atoms with E-state index >= 15 is 14.0 Å². The summed E-state index contributed by atoms with van der Waals surface area (Å²) in [5.41, 5.74) is 10.8. The van der Waals surface area contributed by atoms with Crippen LogP contribution in [-0.4, -0.2) is 162 Å². The summed E-state index contributed by atoms with van der Waals surface area (Å²) in [6, 6.07) is 12.4. The quantitative estimate of drug-likeness (QED) is 0.0952. The number of likely N-dealkylation sites (tertiary alicyclic amines) is 2. The lowest BCUT2D eigenvalue weighted by Gasteiger charge is -2.37. The van der Waals surface area contributed by atoms with Gasteiger partial charge in [-0.15, -0.1) is 0 Å². The number of piperazine rings is 1. The van der Waals surface area contributed by atoms with Gasteiger partial charge < -0.3 is 29.2 Å². The van der Waals surface area contributed by atoms with Crippen LogP contribution in [0.25, 0.3) is 33.3 Å². The molecule has 1 spiro atoms. The molecule has 0 radical (unpaired) electrons. The molecule has 9 aliphatic rings. The van der Waals surface area contributed by atoms with Gasteiger partial charge in [-0.3, -0.25) is 44.3 Å². The van der Waals surface area contributed by atoms with Crippen LogP contribution < -0.4 is 21.0 Å². The predicted octanol–water partition coefficient (Wildman–Crippen LogP) is 7.40. The second-order valence-electron chi connectivity index (χ2n) is 26.7. The first-order valence-electron chi connectivity index (χ1n) is 31.0.